The second-order valence-corrected chi connectivity index (χ2v) is 4.79. The van der Waals surface area contributed by atoms with Crippen LogP contribution in [-0.4, -0.2) is 15.2 Å². The van der Waals surface area contributed by atoms with E-state index in [0.29, 0.717) is 11.7 Å². The molecule has 3 rings (SSSR count). The highest BCUT2D eigenvalue weighted by molar-refractivity contribution is 5.38. The molecule has 1 aliphatic carbocycles. The van der Waals surface area contributed by atoms with Gasteiger partial charge in [-0.15, -0.1) is 0 Å². The van der Waals surface area contributed by atoms with E-state index in [2.05, 4.69) is 10.1 Å². The molecule has 1 heterocycles. The standard InChI is InChI=1S/C14H16N2O3/c1-9-15-14(16-19-9)8-18-11-6-5-10-3-2-4-13(17)12(10)7-11/h5-7,13,17H,2-4,8H2,1H3/t13-/m0/s1. The highest BCUT2D eigenvalue weighted by Gasteiger charge is 2.18. The van der Waals surface area contributed by atoms with Crippen LogP contribution < -0.4 is 4.74 Å². The Bertz CT molecular complexity index is 580. The fourth-order valence-corrected chi connectivity index (χ4v) is 2.39. The maximum atomic E-state index is 9.98. The van der Waals surface area contributed by atoms with Crippen LogP contribution in [0.1, 0.15) is 41.8 Å². The molecular formula is C14H16N2O3. The number of aliphatic hydroxyl groups is 1. The van der Waals surface area contributed by atoms with Gasteiger partial charge in [0, 0.05) is 6.92 Å². The first-order valence-corrected chi connectivity index (χ1v) is 6.45. The molecular weight excluding hydrogens is 244 g/mol. The first kappa shape index (κ1) is 12.2. The van der Waals surface area contributed by atoms with Gasteiger partial charge in [0.15, 0.2) is 6.61 Å². The zero-order valence-electron chi connectivity index (χ0n) is 10.8. The van der Waals surface area contributed by atoms with Crippen molar-refractivity contribution in [3.05, 3.63) is 41.0 Å². The molecule has 5 heteroatoms. The van der Waals surface area contributed by atoms with Crippen molar-refractivity contribution in [1.29, 1.82) is 0 Å². The summed E-state index contributed by atoms with van der Waals surface area (Å²) in [5.41, 5.74) is 2.19. The molecule has 2 aromatic rings. The molecule has 0 fully saturated rings. The van der Waals surface area contributed by atoms with E-state index < -0.39 is 0 Å². The van der Waals surface area contributed by atoms with Gasteiger partial charge in [0.25, 0.3) is 0 Å². The molecule has 1 atom stereocenters. The Hall–Kier alpha value is -1.88. The number of hydrogen-bond acceptors (Lipinski definition) is 5. The number of rotatable bonds is 3. The number of fused-ring (bicyclic) bond motifs is 1. The molecule has 1 N–H and O–H groups in total. The van der Waals surface area contributed by atoms with Crippen molar-refractivity contribution in [3.63, 3.8) is 0 Å². The molecule has 0 aliphatic heterocycles. The summed E-state index contributed by atoms with van der Waals surface area (Å²) in [7, 11) is 0. The second kappa shape index (κ2) is 5.01. The second-order valence-electron chi connectivity index (χ2n) is 4.79. The summed E-state index contributed by atoms with van der Waals surface area (Å²) in [4.78, 5) is 4.08. The topological polar surface area (TPSA) is 68.4 Å². The molecule has 1 aromatic heterocycles. The summed E-state index contributed by atoms with van der Waals surface area (Å²) in [5, 5.41) is 13.8. The molecule has 0 unspecified atom stereocenters. The molecule has 0 spiro atoms. The Morgan fingerprint density at radius 2 is 2.37 bits per heavy atom. The third-order valence-electron chi connectivity index (χ3n) is 3.34. The first-order chi connectivity index (χ1) is 9.22. The molecule has 0 radical (unpaired) electrons. The number of aliphatic hydroxyl groups excluding tert-OH is 1. The summed E-state index contributed by atoms with van der Waals surface area (Å²) < 4.78 is 10.5. The van der Waals surface area contributed by atoms with Gasteiger partial charge >= 0.3 is 0 Å². The van der Waals surface area contributed by atoms with Gasteiger partial charge in [0.05, 0.1) is 6.10 Å². The molecule has 0 bridgehead atoms. The number of aromatic nitrogens is 2. The smallest absolute Gasteiger partial charge is 0.223 e. The van der Waals surface area contributed by atoms with Crippen LogP contribution in [0.4, 0.5) is 0 Å². The van der Waals surface area contributed by atoms with Crippen molar-refractivity contribution in [2.45, 2.75) is 38.9 Å². The fraction of sp³-hybridized carbons (Fsp3) is 0.429. The average Bonchev–Trinajstić information content (AvgIpc) is 2.83. The van der Waals surface area contributed by atoms with Gasteiger partial charge < -0.3 is 14.4 Å². The van der Waals surface area contributed by atoms with Gasteiger partial charge in [-0.3, -0.25) is 0 Å². The lowest BCUT2D eigenvalue weighted by atomic mass is 9.89. The quantitative estimate of drug-likeness (QED) is 0.917. The third-order valence-corrected chi connectivity index (χ3v) is 3.34. The van der Waals surface area contributed by atoms with Gasteiger partial charge in [0.1, 0.15) is 5.75 Å². The highest BCUT2D eigenvalue weighted by Crippen LogP contribution is 2.32. The first-order valence-electron chi connectivity index (χ1n) is 6.45. The lowest BCUT2D eigenvalue weighted by Crippen LogP contribution is -2.09. The van der Waals surface area contributed by atoms with Gasteiger partial charge in [-0.25, -0.2) is 0 Å². The number of aryl methyl sites for hydroxylation is 2. The summed E-state index contributed by atoms with van der Waals surface area (Å²) >= 11 is 0. The van der Waals surface area contributed by atoms with Crippen LogP contribution >= 0.6 is 0 Å². The Morgan fingerprint density at radius 1 is 1.47 bits per heavy atom. The van der Waals surface area contributed by atoms with E-state index >= 15 is 0 Å². The van der Waals surface area contributed by atoms with Crippen molar-refractivity contribution in [2.24, 2.45) is 0 Å². The van der Waals surface area contributed by atoms with Crippen LogP contribution in [0.25, 0.3) is 0 Å². The minimum atomic E-state index is -0.375. The molecule has 100 valence electrons. The predicted octanol–water partition coefficient (Wildman–Crippen LogP) is 2.33. The summed E-state index contributed by atoms with van der Waals surface area (Å²) in [6, 6.07) is 5.85. The van der Waals surface area contributed by atoms with Crippen LogP contribution in [0, 0.1) is 6.92 Å². The summed E-state index contributed by atoms with van der Waals surface area (Å²) in [6.45, 7) is 2.01. The van der Waals surface area contributed by atoms with Crippen molar-refractivity contribution >= 4 is 0 Å². The average molecular weight is 260 g/mol. The van der Waals surface area contributed by atoms with Crippen LogP contribution in [0.5, 0.6) is 5.75 Å². The molecule has 1 aromatic carbocycles. The van der Waals surface area contributed by atoms with Crippen molar-refractivity contribution in [3.8, 4) is 5.75 Å². The van der Waals surface area contributed by atoms with E-state index in [4.69, 9.17) is 9.26 Å². The lowest BCUT2D eigenvalue weighted by Gasteiger charge is -2.21. The number of nitrogens with zero attached hydrogens (tertiary/aromatic N) is 2. The minimum absolute atomic E-state index is 0.270. The Kier molecular flexibility index (Phi) is 3.21. The van der Waals surface area contributed by atoms with Crippen LogP contribution in [-0.2, 0) is 13.0 Å². The van der Waals surface area contributed by atoms with E-state index in [-0.39, 0.29) is 12.7 Å². The predicted molar refractivity (Wildman–Crippen MR) is 67.7 cm³/mol. The van der Waals surface area contributed by atoms with Crippen LogP contribution in [0.3, 0.4) is 0 Å². The molecule has 19 heavy (non-hydrogen) atoms. The van der Waals surface area contributed by atoms with Crippen LogP contribution in [0.15, 0.2) is 22.7 Å². The Balaban J connectivity index is 1.73. The lowest BCUT2D eigenvalue weighted by molar-refractivity contribution is 0.156. The molecule has 0 saturated heterocycles. The van der Waals surface area contributed by atoms with Crippen molar-refractivity contribution in [1.82, 2.24) is 10.1 Å². The Labute approximate surface area is 111 Å². The zero-order valence-corrected chi connectivity index (χ0v) is 10.8. The minimum Gasteiger partial charge on any atom is -0.485 e. The van der Waals surface area contributed by atoms with E-state index in [1.807, 2.05) is 18.2 Å². The molecule has 0 saturated carbocycles. The normalized spacial score (nSPS) is 18.1. The highest BCUT2D eigenvalue weighted by atomic mass is 16.5. The van der Waals surface area contributed by atoms with E-state index in [1.165, 1.54) is 5.56 Å². The SMILES string of the molecule is Cc1nc(COc2ccc3c(c2)[C@@H](O)CCC3)no1. The van der Waals surface area contributed by atoms with Crippen LogP contribution in [0.2, 0.25) is 0 Å². The van der Waals surface area contributed by atoms with E-state index in [9.17, 15) is 5.11 Å². The number of benzene rings is 1. The molecule has 0 amide bonds. The maximum absolute atomic E-state index is 9.98. The van der Waals surface area contributed by atoms with Gasteiger partial charge in [-0.1, -0.05) is 11.2 Å². The number of hydrogen-bond donors (Lipinski definition) is 1. The zero-order chi connectivity index (χ0) is 13.2. The van der Waals surface area contributed by atoms with Gasteiger partial charge in [0.2, 0.25) is 11.7 Å². The van der Waals surface area contributed by atoms with Gasteiger partial charge in [-0.2, -0.15) is 4.98 Å². The number of ether oxygens (including phenoxy) is 1. The molecule has 1 aliphatic rings. The van der Waals surface area contributed by atoms with E-state index in [0.717, 1.165) is 30.6 Å². The molecule has 5 nitrogen and oxygen atoms in total. The van der Waals surface area contributed by atoms with Gasteiger partial charge in [-0.05, 0) is 42.5 Å². The van der Waals surface area contributed by atoms with Crippen molar-refractivity contribution < 1.29 is 14.4 Å². The summed E-state index contributed by atoms with van der Waals surface area (Å²) in [6.07, 6.45) is 2.51. The maximum Gasteiger partial charge on any atom is 0.223 e. The monoisotopic (exact) mass is 260 g/mol. The van der Waals surface area contributed by atoms with E-state index in [1.54, 1.807) is 6.92 Å². The fourth-order valence-electron chi connectivity index (χ4n) is 2.39. The Morgan fingerprint density at radius 3 is 3.16 bits per heavy atom. The largest absolute Gasteiger partial charge is 0.485 e. The summed E-state index contributed by atoms with van der Waals surface area (Å²) in [5.74, 6) is 1.78. The third kappa shape index (κ3) is 2.61. The van der Waals surface area contributed by atoms with Crippen molar-refractivity contribution in [2.75, 3.05) is 0 Å².